The van der Waals surface area contributed by atoms with Gasteiger partial charge in [-0.15, -0.1) is 0 Å². The molecule has 0 N–H and O–H groups in total. The SMILES string of the molecule is COc1ccccc1-c1cccc(C2CCCN(C(=O)c3ccc(-n4cccn4)nc3)C2)n1. The normalized spacial score (nSPS) is 15.9. The monoisotopic (exact) mass is 439 g/mol. The quantitative estimate of drug-likeness (QED) is 0.462. The van der Waals surface area contributed by atoms with Crippen molar-refractivity contribution in [2.75, 3.05) is 20.2 Å². The van der Waals surface area contributed by atoms with Gasteiger partial charge in [-0.2, -0.15) is 5.10 Å². The Kier molecular flexibility index (Phi) is 5.85. The Morgan fingerprint density at radius 2 is 1.97 bits per heavy atom. The third-order valence-corrected chi connectivity index (χ3v) is 6.01. The van der Waals surface area contributed by atoms with Gasteiger partial charge in [0.2, 0.25) is 0 Å². The highest BCUT2D eigenvalue weighted by atomic mass is 16.5. The Hall–Kier alpha value is -4.00. The molecule has 0 radical (unpaired) electrons. The van der Waals surface area contributed by atoms with Crippen molar-refractivity contribution in [2.45, 2.75) is 18.8 Å². The molecule has 0 spiro atoms. The molecule has 4 aromatic rings. The van der Waals surface area contributed by atoms with Crippen LogP contribution < -0.4 is 4.74 Å². The van der Waals surface area contributed by atoms with Crippen molar-refractivity contribution in [3.8, 4) is 22.8 Å². The topological polar surface area (TPSA) is 73.1 Å². The molecule has 1 fully saturated rings. The number of ether oxygens (including phenoxy) is 1. The summed E-state index contributed by atoms with van der Waals surface area (Å²) in [6, 6.07) is 19.5. The number of piperidine rings is 1. The minimum Gasteiger partial charge on any atom is -0.496 e. The lowest BCUT2D eigenvalue weighted by molar-refractivity contribution is 0.0705. The minimum absolute atomic E-state index is 0.0000912. The molecule has 3 aromatic heterocycles. The largest absolute Gasteiger partial charge is 0.496 e. The van der Waals surface area contributed by atoms with Crippen LogP contribution in [0.5, 0.6) is 5.75 Å². The Bertz CT molecular complexity index is 1240. The van der Waals surface area contributed by atoms with Crippen molar-refractivity contribution < 1.29 is 9.53 Å². The second-order valence-corrected chi connectivity index (χ2v) is 8.09. The van der Waals surface area contributed by atoms with Crippen molar-refractivity contribution in [3.05, 3.63) is 90.5 Å². The van der Waals surface area contributed by atoms with Crippen LogP contribution in [0.15, 0.2) is 79.3 Å². The summed E-state index contributed by atoms with van der Waals surface area (Å²) < 4.78 is 7.18. The van der Waals surface area contributed by atoms with Crippen LogP contribution >= 0.6 is 0 Å². The van der Waals surface area contributed by atoms with E-state index in [2.05, 4.69) is 16.1 Å². The number of hydrogen-bond donors (Lipinski definition) is 0. The van der Waals surface area contributed by atoms with Crippen molar-refractivity contribution in [3.63, 3.8) is 0 Å². The second-order valence-electron chi connectivity index (χ2n) is 8.09. The lowest BCUT2D eigenvalue weighted by Gasteiger charge is -2.32. The number of aromatic nitrogens is 4. The molecule has 33 heavy (non-hydrogen) atoms. The maximum absolute atomic E-state index is 13.2. The van der Waals surface area contributed by atoms with Gasteiger partial charge < -0.3 is 9.64 Å². The Morgan fingerprint density at radius 1 is 1.06 bits per heavy atom. The van der Waals surface area contributed by atoms with Crippen LogP contribution in [0.3, 0.4) is 0 Å². The first-order valence-electron chi connectivity index (χ1n) is 11.1. The van der Waals surface area contributed by atoms with Crippen LogP contribution in [-0.2, 0) is 0 Å². The zero-order valence-electron chi connectivity index (χ0n) is 18.5. The highest BCUT2D eigenvalue weighted by Crippen LogP contribution is 2.31. The number of para-hydroxylation sites is 1. The highest BCUT2D eigenvalue weighted by molar-refractivity contribution is 5.94. The Morgan fingerprint density at radius 3 is 2.76 bits per heavy atom. The molecule has 1 atom stereocenters. The highest BCUT2D eigenvalue weighted by Gasteiger charge is 2.27. The number of carbonyl (C=O) groups excluding carboxylic acids is 1. The summed E-state index contributed by atoms with van der Waals surface area (Å²) in [6.45, 7) is 1.38. The maximum atomic E-state index is 13.2. The molecule has 5 rings (SSSR count). The summed E-state index contributed by atoms with van der Waals surface area (Å²) in [5.41, 5.74) is 3.44. The van der Waals surface area contributed by atoms with Gasteiger partial charge in [-0.05, 0) is 55.3 Å². The fourth-order valence-electron chi connectivity index (χ4n) is 4.32. The van der Waals surface area contributed by atoms with E-state index in [9.17, 15) is 4.79 Å². The zero-order chi connectivity index (χ0) is 22.6. The summed E-state index contributed by atoms with van der Waals surface area (Å²) in [4.78, 5) is 24.4. The lowest BCUT2D eigenvalue weighted by Crippen LogP contribution is -2.39. The molecule has 7 nitrogen and oxygen atoms in total. The first-order chi connectivity index (χ1) is 16.2. The molecule has 1 aromatic carbocycles. The van der Waals surface area contributed by atoms with Crippen molar-refractivity contribution in [1.29, 1.82) is 0 Å². The van der Waals surface area contributed by atoms with Gasteiger partial charge in [0, 0.05) is 48.9 Å². The molecule has 1 saturated heterocycles. The Labute approximate surface area is 192 Å². The van der Waals surface area contributed by atoms with Crippen LogP contribution in [0.25, 0.3) is 17.1 Å². The molecule has 1 aliphatic rings. The predicted octanol–water partition coefficient (Wildman–Crippen LogP) is 4.36. The van der Waals surface area contributed by atoms with E-state index in [1.165, 1.54) is 0 Å². The van der Waals surface area contributed by atoms with Crippen LogP contribution in [-0.4, -0.2) is 50.8 Å². The number of methoxy groups -OCH3 is 1. The number of hydrogen-bond acceptors (Lipinski definition) is 5. The van der Waals surface area contributed by atoms with Gasteiger partial charge in [0.1, 0.15) is 5.75 Å². The number of carbonyl (C=O) groups is 1. The van der Waals surface area contributed by atoms with Gasteiger partial charge in [-0.25, -0.2) is 9.67 Å². The fraction of sp³-hybridized carbons (Fsp3) is 0.231. The molecule has 4 heterocycles. The minimum atomic E-state index is 0.0000912. The van der Waals surface area contributed by atoms with Gasteiger partial charge in [0.05, 0.1) is 18.4 Å². The molecule has 1 amide bonds. The smallest absolute Gasteiger partial charge is 0.255 e. The van der Waals surface area contributed by atoms with Crippen LogP contribution in [0.2, 0.25) is 0 Å². The lowest BCUT2D eigenvalue weighted by atomic mass is 9.93. The van der Waals surface area contributed by atoms with Crippen molar-refractivity contribution in [1.82, 2.24) is 24.6 Å². The first kappa shape index (κ1) is 20.9. The van der Waals surface area contributed by atoms with Crippen molar-refractivity contribution in [2.24, 2.45) is 0 Å². The number of nitrogens with zero attached hydrogens (tertiary/aromatic N) is 5. The molecule has 1 unspecified atom stereocenters. The van der Waals surface area contributed by atoms with E-state index in [1.54, 1.807) is 24.2 Å². The molecular formula is C26H25N5O2. The van der Waals surface area contributed by atoms with Gasteiger partial charge in [-0.3, -0.25) is 9.78 Å². The summed E-state index contributed by atoms with van der Waals surface area (Å²) in [6.07, 6.45) is 7.10. The van der Waals surface area contributed by atoms with E-state index in [4.69, 9.17) is 9.72 Å². The number of likely N-dealkylation sites (tertiary alicyclic amines) is 1. The fourth-order valence-corrected chi connectivity index (χ4v) is 4.32. The van der Waals surface area contributed by atoms with Gasteiger partial charge in [0.15, 0.2) is 5.82 Å². The Balaban J connectivity index is 1.33. The average molecular weight is 440 g/mol. The summed E-state index contributed by atoms with van der Waals surface area (Å²) in [5.74, 6) is 1.67. The summed E-state index contributed by atoms with van der Waals surface area (Å²) in [5, 5.41) is 4.18. The van der Waals surface area contributed by atoms with Crippen LogP contribution in [0, 0.1) is 0 Å². The molecule has 1 aliphatic heterocycles. The second kappa shape index (κ2) is 9.24. The molecule has 166 valence electrons. The molecule has 7 heteroatoms. The molecule has 0 aliphatic carbocycles. The van der Waals surface area contributed by atoms with E-state index in [-0.39, 0.29) is 11.8 Å². The van der Waals surface area contributed by atoms with E-state index in [1.807, 2.05) is 65.7 Å². The predicted molar refractivity (Wildman–Crippen MR) is 125 cm³/mol. The van der Waals surface area contributed by atoms with E-state index in [0.29, 0.717) is 17.9 Å². The summed E-state index contributed by atoms with van der Waals surface area (Å²) >= 11 is 0. The van der Waals surface area contributed by atoms with E-state index < -0.39 is 0 Å². The third kappa shape index (κ3) is 4.35. The number of pyridine rings is 2. The number of amides is 1. The zero-order valence-corrected chi connectivity index (χ0v) is 18.5. The van der Waals surface area contributed by atoms with E-state index in [0.717, 1.165) is 42.1 Å². The summed E-state index contributed by atoms with van der Waals surface area (Å²) in [7, 11) is 1.67. The molecule has 0 saturated carbocycles. The standard InChI is InChI=1S/C26H25N5O2/c1-33-24-11-3-2-8-21(24)23-10-4-9-22(29-23)20-7-5-15-30(18-20)26(32)19-12-13-25(27-17-19)31-16-6-14-28-31/h2-4,6,8-14,16-17,20H,5,7,15,18H2,1H3. The molecular weight excluding hydrogens is 414 g/mol. The van der Waals surface area contributed by atoms with Crippen LogP contribution in [0.4, 0.5) is 0 Å². The van der Waals surface area contributed by atoms with Crippen molar-refractivity contribution >= 4 is 5.91 Å². The number of benzene rings is 1. The van der Waals surface area contributed by atoms with Crippen LogP contribution in [0.1, 0.15) is 34.8 Å². The maximum Gasteiger partial charge on any atom is 0.255 e. The number of rotatable bonds is 5. The van der Waals surface area contributed by atoms with Gasteiger partial charge in [0.25, 0.3) is 5.91 Å². The van der Waals surface area contributed by atoms with Gasteiger partial charge >= 0.3 is 0 Å². The molecule has 0 bridgehead atoms. The van der Waals surface area contributed by atoms with E-state index >= 15 is 0 Å². The average Bonchev–Trinajstić information content (AvgIpc) is 3.44. The first-order valence-corrected chi connectivity index (χ1v) is 11.1. The van der Waals surface area contributed by atoms with Gasteiger partial charge in [-0.1, -0.05) is 18.2 Å². The third-order valence-electron chi connectivity index (χ3n) is 6.01.